The van der Waals surface area contributed by atoms with Gasteiger partial charge in [-0.25, -0.2) is 9.97 Å². The smallest absolute Gasteiger partial charge is 0.254 e. The van der Waals surface area contributed by atoms with Gasteiger partial charge >= 0.3 is 0 Å². The number of hydrogen-bond acceptors (Lipinski definition) is 5. The molecule has 0 radical (unpaired) electrons. The van der Waals surface area contributed by atoms with Crippen molar-refractivity contribution in [1.29, 1.82) is 0 Å². The van der Waals surface area contributed by atoms with Gasteiger partial charge in [-0.05, 0) is 12.8 Å². The zero-order valence-corrected chi connectivity index (χ0v) is 11.6. The third-order valence-corrected chi connectivity index (χ3v) is 2.54. The fraction of sp³-hybridized carbons (Fsp3) is 0.615. The summed E-state index contributed by atoms with van der Waals surface area (Å²) in [6, 6.07) is 0. The highest BCUT2D eigenvalue weighted by molar-refractivity contribution is 5.93. The summed E-state index contributed by atoms with van der Waals surface area (Å²) < 4.78 is 4.94. The number of hydrogen-bond donors (Lipinski definition) is 2. The Morgan fingerprint density at radius 3 is 2.63 bits per heavy atom. The minimum Gasteiger partial charge on any atom is -0.385 e. The molecule has 0 saturated carbocycles. The van der Waals surface area contributed by atoms with Crippen LogP contribution in [0.25, 0.3) is 0 Å². The standard InChI is InChI=1S/C13H22N4O2/c1-3-4-6-14-12(18)11-9-16-13(17-10-11)15-7-5-8-19-2/h9-10H,3-8H2,1-2H3,(H,14,18)(H,15,16,17). The van der Waals surface area contributed by atoms with E-state index in [9.17, 15) is 4.79 Å². The van der Waals surface area contributed by atoms with Gasteiger partial charge < -0.3 is 15.4 Å². The molecule has 0 fully saturated rings. The molecular formula is C13H22N4O2. The Labute approximate surface area is 114 Å². The number of aromatic nitrogens is 2. The maximum absolute atomic E-state index is 11.7. The third-order valence-electron chi connectivity index (χ3n) is 2.54. The van der Waals surface area contributed by atoms with E-state index in [1.807, 2.05) is 0 Å². The normalized spacial score (nSPS) is 10.2. The average molecular weight is 266 g/mol. The molecule has 0 atom stereocenters. The van der Waals surface area contributed by atoms with Crippen molar-refractivity contribution in [1.82, 2.24) is 15.3 Å². The summed E-state index contributed by atoms with van der Waals surface area (Å²) in [5, 5.41) is 5.89. The van der Waals surface area contributed by atoms with Crippen molar-refractivity contribution < 1.29 is 9.53 Å². The Hall–Kier alpha value is -1.69. The first kappa shape index (κ1) is 15.4. The average Bonchev–Trinajstić information content (AvgIpc) is 2.44. The number of carbonyl (C=O) groups excluding carboxylic acids is 1. The number of nitrogens with one attached hydrogen (secondary N) is 2. The van der Waals surface area contributed by atoms with E-state index in [2.05, 4.69) is 27.5 Å². The van der Waals surface area contributed by atoms with E-state index in [-0.39, 0.29) is 5.91 Å². The molecular weight excluding hydrogens is 244 g/mol. The number of carbonyl (C=O) groups is 1. The van der Waals surface area contributed by atoms with E-state index in [1.165, 1.54) is 12.4 Å². The molecule has 6 heteroatoms. The van der Waals surface area contributed by atoms with Crippen LogP contribution < -0.4 is 10.6 Å². The number of unbranched alkanes of at least 4 members (excludes halogenated alkanes) is 1. The van der Waals surface area contributed by atoms with Gasteiger partial charge in [0.1, 0.15) is 0 Å². The second kappa shape index (κ2) is 9.27. The molecule has 2 N–H and O–H groups in total. The number of amides is 1. The monoisotopic (exact) mass is 266 g/mol. The minimum absolute atomic E-state index is 0.126. The first-order valence-corrected chi connectivity index (χ1v) is 6.61. The van der Waals surface area contributed by atoms with Crippen molar-refractivity contribution >= 4 is 11.9 Å². The zero-order chi connectivity index (χ0) is 13.9. The first-order chi connectivity index (χ1) is 9.27. The fourth-order valence-electron chi connectivity index (χ4n) is 1.43. The fourth-order valence-corrected chi connectivity index (χ4v) is 1.43. The topological polar surface area (TPSA) is 76.1 Å². The largest absolute Gasteiger partial charge is 0.385 e. The van der Waals surface area contributed by atoms with Gasteiger partial charge in [-0.1, -0.05) is 13.3 Å². The molecule has 6 nitrogen and oxygen atoms in total. The molecule has 0 spiro atoms. The molecule has 1 rings (SSSR count). The summed E-state index contributed by atoms with van der Waals surface area (Å²) in [5.41, 5.74) is 0.485. The Bertz CT molecular complexity index is 367. The Kier molecular flexibility index (Phi) is 7.50. The van der Waals surface area contributed by atoms with Gasteiger partial charge in [0, 0.05) is 39.2 Å². The van der Waals surface area contributed by atoms with E-state index >= 15 is 0 Å². The van der Waals surface area contributed by atoms with Crippen molar-refractivity contribution in [2.75, 3.05) is 32.1 Å². The van der Waals surface area contributed by atoms with Crippen LogP contribution in [0, 0.1) is 0 Å². The van der Waals surface area contributed by atoms with Crippen LogP contribution in [0.4, 0.5) is 5.95 Å². The second-order valence-corrected chi connectivity index (χ2v) is 4.18. The maximum Gasteiger partial charge on any atom is 0.254 e. The molecule has 1 heterocycles. The molecule has 0 aliphatic rings. The van der Waals surface area contributed by atoms with Crippen LogP contribution >= 0.6 is 0 Å². The Morgan fingerprint density at radius 2 is 2.00 bits per heavy atom. The lowest BCUT2D eigenvalue weighted by atomic mass is 10.3. The van der Waals surface area contributed by atoms with E-state index in [0.717, 1.165) is 25.8 Å². The lowest BCUT2D eigenvalue weighted by Crippen LogP contribution is -2.24. The third kappa shape index (κ3) is 6.15. The molecule has 0 bridgehead atoms. The molecule has 0 aromatic carbocycles. The number of methoxy groups -OCH3 is 1. The second-order valence-electron chi connectivity index (χ2n) is 4.18. The van der Waals surface area contributed by atoms with Crippen LogP contribution in [-0.2, 0) is 4.74 Å². The van der Waals surface area contributed by atoms with Gasteiger partial charge in [0.15, 0.2) is 0 Å². The molecule has 0 saturated heterocycles. The summed E-state index contributed by atoms with van der Waals surface area (Å²) in [4.78, 5) is 19.9. The molecule has 1 amide bonds. The number of rotatable bonds is 9. The number of anilines is 1. The van der Waals surface area contributed by atoms with Gasteiger partial charge in [-0.3, -0.25) is 4.79 Å². The summed E-state index contributed by atoms with van der Waals surface area (Å²) in [7, 11) is 1.67. The van der Waals surface area contributed by atoms with Gasteiger partial charge in [0.2, 0.25) is 5.95 Å². The van der Waals surface area contributed by atoms with Gasteiger partial charge in [-0.15, -0.1) is 0 Å². The first-order valence-electron chi connectivity index (χ1n) is 6.61. The predicted molar refractivity (Wildman–Crippen MR) is 74.3 cm³/mol. The Balaban J connectivity index is 2.36. The zero-order valence-electron chi connectivity index (χ0n) is 11.6. The summed E-state index contributed by atoms with van der Waals surface area (Å²) in [6.45, 7) is 4.21. The summed E-state index contributed by atoms with van der Waals surface area (Å²) >= 11 is 0. The highest BCUT2D eigenvalue weighted by Gasteiger charge is 2.05. The van der Waals surface area contributed by atoms with Crippen LogP contribution in [0.5, 0.6) is 0 Å². The van der Waals surface area contributed by atoms with Crippen LogP contribution in [0.15, 0.2) is 12.4 Å². The van der Waals surface area contributed by atoms with Crippen molar-refractivity contribution in [3.63, 3.8) is 0 Å². The van der Waals surface area contributed by atoms with E-state index in [4.69, 9.17) is 4.74 Å². The molecule has 0 aliphatic heterocycles. The Morgan fingerprint density at radius 1 is 1.26 bits per heavy atom. The van der Waals surface area contributed by atoms with Crippen molar-refractivity contribution in [3.05, 3.63) is 18.0 Å². The van der Waals surface area contributed by atoms with Crippen molar-refractivity contribution in [2.24, 2.45) is 0 Å². The van der Waals surface area contributed by atoms with Crippen LogP contribution in [-0.4, -0.2) is 42.7 Å². The lowest BCUT2D eigenvalue weighted by molar-refractivity contribution is 0.0952. The summed E-state index contributed by atoms with van der Waals surface area (Å²) in [5.74, 6) is 0.403. The number of ether oxygens (including phenoxy) is 1. The molecule has 0 unspecified atom stereocenters. The highest BCUT2D eigenvalue weighted by Crippen LogP contribution is 2.00. The maximum atomic E-state index is 11.7. The van der Waals surface area contributed by atoms with Crippen molar-refractivity contribution in [3.8, 4) is 0 Å². The molecule has 106 valence electrons. The van der Waals surface area contributed by atoms with Gasteiger partial charge in [0.25, 0.3) is 5.91 Å². The van der Waals surface area contributed by atoms with E-state index < -0.39 is 0 Å². The van der Waals surface area contributed by atoms with Gasteiger partial charge in [0.05, 0.1) is 5.56 Å². The SMILES string of the molecule is CCCCNC(=O)c1cnc(NCCCOC)nc1. The predicted octanol–water partition coefficient (Wildman–Crippen LogP) is 1.45. The van der Waals surface area contributed by atoms with Crippen LogP contribution in [0.1, 0.15) is 36.5 Å². The lowest BCUT2D eigenvalue weighted by Gasteiger charge is -2.06. The minimum atomic E-state index is -0.126. The van der Waals surface area contributed by atoms with E-state index in [1.54, 1.807) is 7.11 Å². The molecule has 1 aromatic rings. The van der Waals surface area contributed by atoms with E-state index in [0.29, 0.717) is 24.7 Å². The van der Waals surface area contributed by atoms with Crippen LogP contribution in [0.2, 0.25) is 0 Å². The number of nitrogens with zero attached hydrogens (tertiary/aromatic N) is 2. The molecule has 1 aromatic heterocycles. The highest BCUT2D eigenvalue weighted by atomic mass is 16.5. The summed E-state index contributed by atoms with van der Waals surface area (Å²) in [6.07, 6.45) is 5.99. The molecule has 0 aliphatic carbocycles. The van der Waals surface area contributed by atoms with Crippen LogP contribution in [0.3, 0.4) is 0 Å². The van der Waals surface area contributed by atoms with Gasteiger partial charge in [-0.2, -0.15) is 0 Å². The quantitative estimate of drug-likeness (QED) is 0.662. The molecule has 19 heavy (non-hydrogen) atoms. The van der Waals surface area contributed by atoms with Crippen molar-refractivity contribution in [2.45, 2.75) is 26.2 Å².